The molecule has 0 aromatic heterocycles. The van der Waals surface area contributed by atoms with Crippen LogP contribution in [0.15, 0.2) is 24.3 Å². The molecule has 1 aromatic rings. The molecule has 1 aromatic carbocycles. The number of carbonyl (C=O) groups is 1. The van der Waals surface area contributed by atoms with Crippen LogP contribution < -0.4 is 5.32 Å². The zero-order valence-corrected chi connectivity index (χ0v) is 10.1. The lowest BCUT2D eigenvalue weighted by atomic mass is 10.1. The number of amides is 1. The lowest BCUT2D eigenvalue weighted by Gasteiger charge is -2.19. The number of benzene rings is 1. The molecule has 0 fully saturated rings. The van der Waals surface area contributed by atoms with Gasteiger partial charge in [-0.05, 0) is 31.5 Å². The fourth-order valence-electron chi connectivity index (χ4n) is 1.14. The number of hydrogen-bond donors (Lipinski definition) is 1. The molecular formula is C13H14ClNO. The fourth-order valence-corrected chi connectivity index (χ4v) is 1.32. The third-order valence-corrected chi connectivity index (χ3v) is 2.47. The number of carbonyl (C=O) groups excluding carboxylic acids is 1. The van der Waals surface area contributed by atoms with Gasteiger partial charge in [0, 0.05) is 11.4 Å². The van der Waals surface area contributed by atoms with Gasteiger partial charge in [0.25, 0.3) is 5.91 Å². The van der Waals surface area contributed by atoms with Crippen LogP contribution in [0.25, 0.3) is 0 Å². The topological polar surface area (TPSA) is 29.1 Å². The molecule has 0 aliphatic carbocycles. The lowest BCUT2D eigenvalue weighted by Crippen LogP contribution is -2.42. The number of alkyl halides is 1. The molecule has 0 saturated heterocycles. The van der Waals surface area contributed by atoms with Crippen molar-refractivity contribution in [3.8, 4) is 12.3 Å². The largest absolute Gasteiger partial charge is 0.336 e. The molecule has 16 heavy (non-hydrogen) atoms. The van der Waals surface area contributed by atoms with E-state index in [1.54, 1.807) is 26.0 Å². The van der Waals surface area contributed by atoms with Gasteiger partial charge in [0.05, 0.1) is 5.54 Å². The van der Waals surface area contributed by atoms with E-state index in [9.17, 15) is 4.79 Å². The van der Waals surface area contributed by atoms with E-state index in [-0.39, 0.29) is 5.91 Å². The molecule has 3 heteroatoms. The summed E-state index contributed by atoms with van der Waals surface area (Å²) in [5.41, 5.74) is 0.925. The Hall–Kier alpha value is -1.46. The zero-order valence-electron chi connectivity index (χ0n) is 9.38. The lowest BCUT2D eigenvalue weighted by molar-refractivity contribution is 0.0930. The van der Waals surface area contributed by atoms with E-state index in [4.69, 9.17) is 18.0 Å². The Morgan fingerprint density at radius 3 is 2.44 bits per heavy atom. The summed E-state index contributed by atoms with van der Waals surface area (Å²) in [7, 11) is 0. The van der Waals surface area contributed by atoms with Crippen molar-refractivity contribution in [1.29, 1.82) is 0 Å². The molecule has 0 aliphatic heterocycles. The van der Waals surface area contributed by atoms with Gasteiger partial charge in [-0.3, -0.25) is 4.79 Å². The van der Waals surface area contributed by atoms with Crippen LogP contribution in [0.1, 0.15) is 29.8 Å². The van der Waals surface area contributed by atoms with Crippen molar-refractivity contribution in [2.45, 2.75) is 25.3 Å². The summed E-state index contributed by atoms with van der Waals surface area (Å²) < 4.78 is 0. The van der Waals surface area contributed by atoms with Crippen molar-refractivity contribution < 1.29 is 4.79 Å². The molecule has 0 atom stereocenters. The first-order chi connectivity index (χ1) is 7.48. The summed E-state index contributed by atoms with van der Waals surface area (Å²) >= 11 is 5.66. The van der Waals surface area contributed by atoms with Crippen LogP contribution in [0, 0.1) is 12.3 Å². The molecule has 0 radical (unpaired) electrons. The average Bonchev–Trinajstić information content (AvgIpc) is 2.28. The summed E-state index contributed by atoms with van der Waals surface area (Å²) in [4.78, 5) is 11.8. The standard InChI is InChI=1S/C13H14ClNO/c1-4-13(2,3)15-12(16)11-7-5-10(9-14)6-8-11/h1,5-8H,9H2,2-3H3,(H,15,16). The van der Waals surface area contributed by atoms with E-state index < -0.39 is 5.54 Å². The number of hydrogen-bond acceptors (Lipinski definition) is 1. The van der Waals surface area contributed by atoms with Crippen molar-refractivity contribution >= 4 is 17.5 Å². The van der Waals surface area contributed by atoms with E-state index >= 15 is 0 Å². The van der Waals surface area contributed by atoms with E-state index in [2.05, 4.69) is 11.2 Å². The van der Waals surface area contributed by atoms with Crippen LogP contribution in [0.2, 0.25) is 0 Å². The van der Waals surface area contributed by atoms with Crippen LogP contribution in [0.4, 0.5) is 0 Å². The number of nitrogens with one attached hydrogen (secondary N) is 1. The molecule has 1 N–H and O–H groups in total. The smallest absolute Gasteiger partial charge is 0.252 e. The third kappa shape index (κ3) is 3.29. The van der Waals surface area contributed by atoms with Gasteiger partial charge < -0.3 is 5.32 Å². The maximum atomic E-state index is 11.8. The fraction of sp³-hybridized carbons (Fsp3) is 0.308. The van der Waals surface area contributed by atoms with Crippen molar-refractivity contribution in [1.82, 2.24) is 5.32 Å². The molecular weight excluding hydrogens is 222 g/mol. The van der Waals surface area contributed by atoms with Crippen LogP contribution >= 0.6 is 11.6 Å². The maximum absolute atomic E-state index is 11.8. The van der Waals surface area contributed by atoms with Crippen LogP contribution in [-0.4, -0.2) is 11.4 Å². The van der Waals surface area contributed by atoms with Gasteiger partial charge in [0.15, 0.2) is 0 Å². The molecule has 84 valence electrons. The molecule has 0 spiro atoms. The summed E-state index contributed by atoms with van der Waals surface area (Å²) in [5, 5.41) is 2.75. The van der Waals surface area contributed by atoms with Gasteiger partial charge in [0.1, 0.15) is 0 Å². The number of rotatable bonds is 3. The van der Waals surface area contributed by atoms with E-state index in [0.29, 0.717) is 11.4 Å². The first kappa shape index (κ1) is 12.6. The summed E-state index contributed by atoms with van der Waals surface area (Å²) in [6.07, 6.45) is 5.30. The van der Waals surface area contributed by atoms with Gasteiger partial charge in [0.2, 0.25) is 0 Å². The van der Waals surface area contributed by atoms with Crippen molar-refractivity contribution in [2.75, 3.05) is 0 Å². The second kappa shape index (κ2) is 5.05. The van der Waals surface area contributed by atoms with E-state index in [1.807, 2.05) is 12.1 Å². The quantitative estimate of drug-likeness (QED) is 0.633. The molecule has 0 saturated carbocycles. The van der Waals surface area contributed by atoms with Crippen LogP contribution in [0.3, 0.4) is 0 Å². The van der Waals surface area contributed by atoms with Gasteiger partial charge in [-0.25, -0.2) is 0 Å². The summed E-state index contributed by atoms with van der Waals surface area (Å²) in [6.45, 7) is 3.55. The second-order valence-corrected chi connectivity index (χ2v) is 4.32. The highest BCUT2D eigenvalue weighted by Gasteiger charge is 2.17. The molecule has 1 amide bonds. The van der Waals surface area contributed by atoms with Gasteiger partial charge >= 0.3 is 0 Å². The highest BCUT2D eigenvalue weighted by Crippen LogP contribution is 2.08. The Morgan fingerprint density at radius 1 is 1.44 bits per heavy atom. The minimum absolute atomic E-state index is 0.177. The Morgan fingerprint density at radius 2 is 2.00 bits per heavy atom. The zero-order chi connectivity index (χ0) is 12.2. The molecule has 0 aliphatic rings. The summed E-state index contributed by atoms with van der Waals surface area (Å²) in [6, 6.07) is 7.12. The first-order valence-corrected chi connectivity index (χ1v) is 5.47. The average molecular weight is 236 g/mol. The van der Waals surface area contributed by atoms with Crippen molar-refractivity contribution in [3.05, 3.63) is 35.4 Å². The summed E-state index contributed by atoms with van der Waals surface area (Å²) in [5.74, 6) is 2.78. The van der Waals surface area contributed by atoms with E-state index in [1.165, 1.54) is 0 Å². The van der Waals surface area contributed by atoms with Crippen LogP contribution in [0.5, 0.6) is 0 Å². The third-order valence-electron chi connectivity index (χ3n) is 2.16. The predicted molar refractivity (Wildman–Crippen MR) is 66.4 cm³/mol. The molecule has 2 nitrogen and oxygen atoms in total. The normalized spacial score (nSPS) is 10.6. The van der Waals surface area contributed by atoms with Gasteiger partial charge in [-0.15, -0.1) is 18.0 Å². The SMILES string of the molecule is C#CC(C)(C)NC(=O)c1ccc(CCl)cc1. The number of terminal acetylenes is 1. The highest BCUT2D eigenvalue weighted by atomic mass is 35.5. The van der Waals surface area contributed by atoms with Gasteiger partial charge in [-0.2, -0.15) is 0 Å². The molecule has 0 unspecified atom stereocenters. The Balaban J connectivity index is 2.78. The number of halogens is 1. The van der Waals surface area contributed by atoms with Gasteiger partial charge in [-0.1, -0.05) is 18.1 Å². The second-order valence-electron chi connectivity index (χ2n) is 4.05. The minimum atomic E-state index is -0.637. The highest BCUT2D eigenvalue weighted by molar-refractivity contribution is 6.17. The Labute approximate surface area is 101 Å². The Bertz CT molecular complexity index is 415. The molecule has 0 heterocycles. The monoisotopic (exact) mass is 235 g/mol. The maximum Gasteiger partial charge on any atom is 0.252 e. The molecule has 0 bridgehead atoms. The minimum Gasteiger partial charge on any atom is -0.336 e. The first-order valence-electron chi connectivity index (χ1n) is 4.93. The van der Waals surface area contributed by atoms with Crippen molar-refractivity contribution in [3.63, 3.8) is 0 Å². The van der Waals surface area contributed by atoms with Crippen molar-refractivity contribution in [2.24, 2.45) is 0 Å². The van der Waals surface area contributed by atoms with Crippen LogP contribution in [-0.2, 0) is 5.88 Å². The predicted octanol–water partition coefficient (Wildman–Crippen LogP) is 2.57. The Kier molecular flexibility index (Phi) is 3.98. The van der Waals surface area contributed by atoms with E-state index in [0.717, 1.165) is 5.56 Å². The molecule has 1 rings (SSSR count).